The molecule has 0 aliphatic carbocycles. The first-order valence-corrected chi connectivity index (χ1v) is 9.50. The average molecular weight is 374 g/mol. The molecule has 7 heteroatoms. The summed E-state index contributed by atoms with van der Waals surface area (Å²) in [6.07, 6.45) is 0. The van der Waals surface area contributed by atoms with E-state index in [1.165, 1.54) is 4.31 Å². The Hall–Kier alpha value is -2.44. The minimum atomic E-state index is -3.61. The normalized spacial score (nSPS) is 16.6. The van der Waals surface area contributed by atoms with Gasteiger partial charge < -0.3 is 9.47 Å². The molecule has 3 aromatic carbocycles. The van der Waals surface area contributed by atoms with E-state index in [9.17, 15) is 8.42 Å². The van der Waals surface area contributed by atoms with Crippen molar-refractivity contribution in [3.05, 3.63) is 59.1 Å². The predicted molar refractivity (Wildman–Crippen MR) is 94.9 cm³/mol. The fourth-order valence-corrected chi connectivity index (χ4v) is 5.39. The lowest BCUT2D eigenvalue weighted by atomic mass is 10.1. The fourth-order valence-electron chi connectivity index (χ4n) is 3.41. The van der Waals surface area contributed by atoms with Crippen molar-refractivity contribution in [1.82, 2.24) is 0 Å². The van der Waals surface area contributed by atoms with Gasteiger partial charge in [-0.15, -0.1) is 0 Å². The Morgan fingerprint density at radius 3 is 2.72 bits per heavy atom. The van der Waals surface area contributed by atoms with Crippen molar-refractivity contribution in [2.75, 3.05) is 11.1 Å². The van der Waals surface area contributed by atoms with E-state index in [0.717, 1.165) is 16.3 Å². The van der Waals surface area contributed by atoms with E-state index in [1.807, 2.05) is 24.3 Å². The van der Waals surface area contributed by atoms with Crippen LogP contribution in [-0.4, -0.2) is 15.2 Å². The van der Waals surface area contributed by atoms with Gasteiger partial charge in [-0.2, -0.15) is 0 Å². The van der Waals surface area contributed by atoms with E-state index in [0.29, 0.717) is 27.1 Å². The van der Waals surface area contributed by atoms with E-state index >= 15 is 0 Å². The molecule has 0 saturated carbocycles. The number of hydrogen-bond acceptors (Lipinski definition) is 4. The van der Waals surface area contributed by atoms with E-state index in [2.05, 4.69) is 0 Å². The molecule has 5 nitrogen and oxygen atoms in total. The summed E-state index contributed by atoms with van der Waals surface area (Å²) >= 11 is 6.23. The number of rotatable bonds is 2. The van der Waals surface area contributed by atoms with Crippen LogP contribution in [0.4, 0.5) is 5.69 Å². The number of fused-ring (bicyclic) bond motifs is 1. The van der Waals surface area contributed by atoms with Gasteiger partial charge in [0, 0.05) is 5.39 Å². The van der Waals surface area contributed by atoms with Gasteiger partial charge >= 0.3 is 0 Å². The molecule has 0 unspecified atom stereocenters. The van der Waals surface area contributed by atoms with Gasteiger partial charge in [-0.05, 0) is 35.2 Å². The molecular formula is C18H12ClNO4S. The summed E-state index contributed by atoms with van der Waals surface area (Å²) in [5, 5.41) is 2.08. The molecule has 2 aliphatic rings. The molecule has 0 spiro atoms. The largest absolute Gasteiger partial charge is 0.454 e. The zero-order chi connectivity index (χ0) is 17.2. The van der Waals surface area contributed by atoms with E-state index in [1.54, 1.807) is 24.3 Å². The van der Waals surface area contributed by atoms with Crippen LogP contribution in [-0.2, 0) is 16.6 Å². The van der Waals surface area contributed by atoms with Crippen LogP contribution < -0.4 is 13.8 Å². The van der Waals surface area contributed by atoms with Gasteiger partial charge in [0.05, 0.1) is 22.2 Å². The molecule has 0 radical (unpaired) electrons. The van der Waals surface area contributed by atoms with Gasteiger partial charge in [-0.1, -0.05) is 35.9 Å². The Morgan fingerprint density at radius 1 is 1.08 bits per heavy atom. The third kappa shape index (κ3) is 2.04. The zero-order valence-electron chi connectivity index (χ0n) is 12.9. The van der Waals surface area contributed by atoms with E-state index in [4.69, 9.17) is 21.1 Å². The highest BCUT2D eigenvalue weighted by Crippen LogP contribution is 2.44. The molecule has 0 bridgehead atoms. The third-order valence-corrected chi connectivity index (χ3v) is 6.58. The van der Waals surface area contributed by atoms with Crippen LogP contribution in [0.25, 0.3) is 10.8 Å². The zero-order valence-corrected chi connectivity index (χ0v) is 14.5. The first kappa shape index (κ1) is 14.9. The number of hydrogen-bond donors (Lipinski definition) is 0. The molecule has 0 aromatic heterocycles. The maximum absolute atomic E-state index is 13.0. The molecule has 0 saturated heterocycles. The first-order chi connectivity index (χ1) is 12.1. The molecule has 3 aromatic rings. The Labute approximate surface area is 149 Å². The lowest BCUT2D eigenvalue weighted by Gasteiger charge is -2.19. The lowest BCUT2D eigenvalue weighted by Crippen LogP contribution is -2.26. The molecule has 126 valence electrons. The highest BCUT2D eigenvalue weighted by Gasteiger charge is 2.35. The lowest BCUT2D eigenvalue weighted by molar-refractivity contribution is 0.174. The fraction of sp³-hybridized carbons (Fsp3) is 0.111. The Bertz CT molecular complexity index is 1140. The maximum Gasteiger partial charge on any atom is 0.265 e. The van der Waals surface area contributed by atoms with Crippen LogP contribution in [0.2, 0.25) is 5.02 Å². The van der Waals surface area contributed by atoms with Gasteiger partial charge in [0.15, 0.2) is 11.5 Å². The number of sulfonamides is 1. The highest BCUT2D eigenvalue weighted by molar-refractivity contribution is 7.93. The molecule has 0 amide bonds. The minimum Gasteiger partial charge on any atom is -0.454 e. The average Bonchev–Trinajstić information content (AvgIpc) is 3.14. The van der Waals surface area contributed by atoms with Gasteiger partial charge in [0.2, 0.25) is 6.79 Å². The molecule has 0 fully saturated rings. The second kappa shape index (κ2) is 5.03. The van der Waals surface area contributed by atoms with Crippen LogP contribution in [0.5, 0.6) is 11.5 Å². The van der Waals surface area contributed by atoms with Crippen molar-refractivity contribution in [2.24, 2.45) is 0 Å². The van der Waals surface area contributed by atoms with Crippen LogP contribution >= 0.6 is 11.6 Å². The summed E-state index contributed by atoms with van der Waals surface area (Å²) in [7, 11) is -3.61. The Balaban J connectivity index is 1.65. The van der Waals surface area contributed by atoms with Crippen LogP contribution in [0, 0.1) is 0 Å². The minimum absolute atomic E-state index is 0.116. The summed E-state index contributed by atoms with van der Waals surface area (Å²) < 4.78 is 38.2. The molecular weight excluding hydrogens is 362 g/mol. The quantitative estimate of drug-likeness (QED) is 0.683. The number of nitrogens with zero attached hydrogens (tertiary/aromatic N) is 1. The van der Waals surface area contributed by atoms with Crippen LogP contribution in [0.15, 0.2) is 53.4 Å². The summed E-state index contributed by atoms with van der Waals surface area (Å²) in [6, 6.07) is 14.4. The number of benzene rings is 3. The van der Waals surface area contributed by atoms with Crippen molar-refractivity contribution in [1.29, 1.82) is 0 Å². The van der Waals surface area contributed by atoms with Crippen molar-refractivity contribution in [2.45, 2.75) is 11.4 Å². The SMILES string of the molecule is O=S1(=O)c2cccc3cccc(c23)N1Cc1cc(Cl)c2c(c1)OCO2. The number of halogens is 1. The molecule has 0 N–H and O–H groups in total. The molecule has 5 rings (SSSR count). The standard InChI is InChI=1S/C18H12ClNO4S/c19-13-7-11(8-15-18(13)24-10-23-15)9-20-14-5-1-3-12-4-2-6-16(17(12)14)25(20,21)22/h1-8H,9-10H2. The van der Waals surface area contributed by atoms with Crippen molar-refractivity contribution >= 4 is 38.1 Å². The van der Waals surface area contributed by atoms with Gasteiger partial charge in [0.1, 0.15) is 0 Å². The monoisotopic (exact) mass is 373 g/mol. The summed E-state index contributed by atoms with van der Waals surface area (Å²) in [5.41, 5.74) is 1.42. The summed E-state index contributed by atoms with van der Waals surface area (Å²) in [5.74, 6) is 1.04. The summed E-state index contributed by atoms with van der Waals surface area (Å²) in [6.45, 7) is 0.289. The van der Waals surface area contributed by atoms with Gasteiger partial charge in [-0.25, -0.2) is 8.42 Å². The second-order valence-electron chi connectivity index (χ2n) is 5.95. The first-order valence-electron chi connectivity index (χ1n) is 7.68. The van der Waals surface area contributed by atoms with Crippen molar-refractivity contribution < 1.29 is 17.9 Å². The number of anilines is 1. The van der Waals surface area contributed by atoms with Crippen molar-refractivity contribution in [3.8, 4) is 11.5 Å². The topological polar surface area (TPSA) is 55.8 Å². The number of ether oxygens (including phenoxy) is 2. The Morgan fingerprint density at radius 2 is 1.88 bits per heavy atom. The van der Waals surface area contributed by atoms with Crippen LogP contribution in [0.3, 0.4) is 0 Å². The van der Waals surface area contributed by atoms with E-state index in [-0.39, 0.29) is 13.3 Å². The van der Waals surface area contributed by atoms with Gasteiger partial charge in [0.25, 0.3) is 10.0 Å². The molecule has 25 heavy (non-hydrogen) atoms. The molecule has 0 atom stereocenters. The maximum atomic E-state index is 13.0. The van der Waals surface area contributed by atoms with Crippen LogP contribution in [0.1, 0.15) is 5.56 Å². The molecule has 2 aliphatic heterocycles. The van der Waals surface area contributed by atoms with Gasteiger partial charge in [-0.3, -0.25) is 4.31 Å². The highest BCUT2D eigenvalue weighted by atomic mass is 35.5. The second-order valence-corrected chi connectivity index (χ2v) is 8.19. The predicted octanol–water partition coefficient (Wildman–Crippen LogP) is 3.93. The third-order valence-electron chi connectivity index (χ3n) is 4.49. The Kier molecular flexibility index (Phi) is 2.99. The molecule has 2 heterocycles. The smallest absolute Gasteiger partial charge is 0.265 e. The summed E-state index contributed by atoms with van der Waals surface area (Å²) in [4.78, 5) is 0.340. The van der Waals surface area contributed by atoms with Crippen molar-refractivity contribution in [3.63, 3.8) is 0 Å². The van der Waals surface area contributed by atoms with E-state index < -0.39 is 10.0 Å².